The molecule has 1 unspecified atom stereocenters. The molecule has 0 aliphatic carbocycles. The number of carbonyl (C=O) groups is 2. The van der Waals surface area contributed by atoms with Gasteiger partial charge in [-0.05, 0) is 58.2 Å². The van der Waals surface area contributed by atoms with Crippen molar-refractivity contribution in [1.82, 2.24) is 21.3 Å². The van der Waals surface area contributed by atoms with Crippen molar-refractivity contribution in [3.05, 3.63) is 35.4 Å². The van der Waals surface area contributed by atoms with Crippen molar-refractivity contribution >= 4 is 41.9 Å². The second kappa shape index (κ2) is 14.9. The quantitative estimate of drug-likeness (QED) is 0.164. The molecule has 9 heteroatoms. The van der Waals surface area contributed by atoms with E-state index in [4.69, 9.17) is 4.74 Å². The van der Waals surface area contributed by atoms with Gasteiger partial charge >= 0.3 is 6.09 Å². The molecule has 4 N–H and O–H groups in total. The normalized spacial score (nSPS) is 12.3. The third-order valence-electron chi connectivity index (χ3n) is 4.18. The minimum absolute atomic E-state index is 0. The summed E-state index contributed by atoms with van der Waals surface area (Å²) in [5, 5.41) is 12.1. The number of hydrogen-bond acceptors (Lipinski definition) is 4. The monoisotopic (exact) mass is 547 g/mol. The average Bonchev–Trinajstić information content (AvgIpc) is 2.68. The van der Waals surface area contributed by atoms with Gasteiger partial charge in [0.2, 0.25) is 0 Å². The summed E-state index contributed by atoms with van der Waals surface area (Å²) in [7, 11) is 1.70. The SMILES string of the molecule is CCC(C)NC(=O)c1cccc(CNC(=NC)NCCCNC(=O)OC(C)(C)C)c1.I. The molecule has 0 aliphatic rings. The minimum Gasteiger partial charge on any atom is -0.444 e. The molecule has 0 spiro atoms. The van der Waals surface area contributed by atoms with Crippen LogP contribution in [0, 0.1) is 0 Å². The van der Waals surface area contributed by atoms with E-state index in [0.717, 1.165) is 18.4 Å². The Balaban J connectivity index is 0.00000900. The van der Waals surface area contributed by atoms with Gasteiger partial charge in [-0.15, -0.1) is 24.0 Å². The van der Waals surface area contributed by atoms with Gasteiger partial charge in [0.25, 0.3) is 5.91 Å². The van der Waals surface area contributed by atoms with Crippen molar-refractivity contribution in [1.29, 1.82) is 0 Å². The smallest absolute Gasteiger partial charge is 0.407 e. The minimum atomic E-state index is -0.499. The number of hydrogen-bond donors (Lipinski definition) is 4. The van der Waals surface area contributed by atoms with E-state index in [1.165, 1.54) is 0 Å². The maximum absolute atomic E-state index is 12.3. The van der Waals surface area contributed by atoms with Gasteiger partial charge in [-0.25, -0.2) is 4.79 Å². The third kappa shape index (κ3) is 13.1. The molecule has 31 heavy (non-hydrogen) atoms. The van der Waals surface area contributed by atoms with Crippen molar-refractivity contribution in [2.45, 2.75) is 65.6 Å². The Kier molecular flexibility index (Phi) is 13.9. The summed E-state index contributed by atoms with van der Waals surface area (Å²) in [6, 6.07) is 7.67. The van der Waals surface area contributed by atoms with Gasteiger partial charge in [0.1, 0.15) is 5.60 Å². The lowest BCUT2D eigenvalue weighted by molar-refractivity contribution is 0.0527. The van der Waals surface area contributed by atoms with Gasteiger partial charge in [-0.3, -0.25) is 9.79 Å². The fourth-order valence-corrected chi connectivity index (χ4v) is 2.44. The molecular formula is C22H38IN5O3. The predicted molar refractivity (Wildman–Crippen MR) is 136 cm³/mol. The van der Waals surface area contributed by atoms with Crippen LogP contribution >= 0.6 is 24.0 Å². The van der Waals surface area contributed by atoms with E-state index in [0.29, 0.717) is 31.2 Å². The predicted octanol–water partition coefficient (Wildman–Crippen LogP) is 3.41. The molecule has 0 saturated heterocycles. The number of halogens is 1. The van der Waals surface area contributed by atoms with Crippen molar-refractivity contribution in [2.75, 3.05) is 20.1 Å². The zero-order valence-electron chi connectivity index (χ0n) is 19.5. The molecule has 1 rings (SSSR count). The van der Waals surface area contributed by atoms with Crippen LogP contribution < -0.4 is 21.3 Å². The van der Waals surface area contributed by atoms with Crippen LogP contribution in [0.15, 0.2) is 29.3 Å². The molecule has 0 heterocycles. The fourth-order valence-electron chi connectivity index (χ4n) is 2.44. The number of rotatable bonds is 9. The molecule has 0 saturated carbocycles. The van der Waals surface area contributed by atoms with Crippen LogP contribution in [0.4, 0.5) is 4.79 Å². The number of nitrogens with one attached hydrogen (secondary N) is 4. The van der Waals surface area contributed by atoms with Crippen molar-refractivity contribution < 1.29 is 14.3 Å². The molecule has 2 amide bonds. The Morgan fingerprint density at radius 3 is 2.42 bits per heavy atom. The number of ether oxygens (including phenoxy) is 1. The van der Waals surface area contributed by atoms with Crippen LogP contribution in [0.25, 0.3) is 0 Å². The highest BCUT2D eigenvalue weighted by Crippen LogP contribution is 2.07. The molecule has 0 aromatic heterocycles. The summed E-state index contributed by atoms with van der Waals surface area (Å²) < 4.78 is 5.19. The molecule has 1 atom stereocenters. The van der Waals surface area contributed by atoms with Crippen molar-refractivity contribution in [2.24, 2.45) is 4.99 Å². The average molecular weight is 547 g/mol. The molecule has 176 valence electrons. The molecule has 1 aromatic rings. The molecule has 0 fully saturated rings. The zero-order chi connectivity index (χ0) is 22.6. The standard InChI is InChI=1S/C22H37N5O3.HI/c1-7-16(2)27-19(28)18-11-8-10-17(14-18)15-26-20(23-6)24-12-9-13-25-21(29)30-22(3,4)5;/h8,10-11,14,16H,7,9,12-13,15H2,1-6H3,(H,25,29)(H,27,28)(H2,23,24,26);1H. The molecule has 1 aromatic carbocycles. The Bertz CT molecular complexity index is 719. The van der Waals surface area contributed by atoms with Gasteiger partial charge in [0.15, 0.2) is 5.96 Å². The summed E-state index contributed by atoms with van der Waals surface area (Å²) in [6.45, 7) is 11.2. The largest absolute Gasteiger partial charge is 0.444 e. The number of amides is 2. The lowest BCUT2D eigenvalue weighted by Gasteiger charge is -2.19. The summed E-state index contributed by atoms with van der Waals surface area (Å²) in [5.74, 6) is 0.591. The summed E-state index contributed by atoms with van der Waals surface area (Å²) >= 11 is 0. The van der Waals surface area contributed by atoms with E-state index in [9.17, 15) is 9.59 Å². The lowest BCUT2D eigenvalue weighted by atomic mass is 10.1. The Morgan fingerprint density at radius 1 is 1.13 bits per heavy atom. The summed E-state index contributed by atoms with van der Waals surface area (Å²) in [5.41, 5.74) is 1.13. The zero-order valence-corrected chi connectivity index (χ0v) is 21.8. The highest BCUT2D eigenvalue weighted by molar-refractivity contribution is 14.0. The van der Waals surface area contributed by atoms with Crippen LogP contribution in [-0.4, -0.2) is 49.7 Å². The summed E-state index contributed by atoms with van der Waals surface area (Å²) in [4.78, 5) is 28.1. The van der Waals surface area contributed by atoms with E-state index in [2.05, 4.69) is 26.3 Å². The van der Waals surface area contributed by atoms with Crippen molar-refractivity contribution in [3.63, 3.8) is 0 Å². The van der Waals surface area contributed by atoms with Gasteiger partial charge in [0.05, 0.1) is 0 Å². The third-order valence-corrected chi connectivity index (χ3v) is 4.18. The second-order valence-electron chi connectivity index (χ2n) is 8.12. The van der Waals surface area contributed by atoms with Gasteiger partial charge in [-0.2, -0.15) is 0 Å². The van der Waals surface area contributed by atoms with E-state index in [1.54, 1.807) is 7.05 Å². The Hall–Kier alpha value is -2.04. The Morgan fingerprint density at radius 2 is 1.81 bits per heavy atom. The van der Waals surface area contributed by atoms with Gasteiger partial charge in [0, 0.05) is 38.3 Å². The van der Waals surface area contributed by atoms with Gasteiger partial charge in [-0.1, -0.05) is 19.1 Å². The van der Waals surface area contributed by atoms with E-state index >= 15 is 0 Å². The molecule has 0 aliphatic heterocycles. The molecule has 0 bridgehead atoms. The number of nitrogens with zero attached hydrogens (tertiary/aromatic N) is 1. The lowest BCUT2D eigenvalue weighted by Crippen LogP contribution is -2.39. The molecule has 8 nitrogen and oxygen atoms in total. The van der Waals surface area contributed by atoms with E-state index in [-0.39, 0.29) is 35.9 Å². The van der Waals surface area contributed by atoms with E-state index < -0.39 is 11.7 Å². The maximum atomic E-state index is 12.3. The number of alkyl carbamates (subject to hydrolysis) is 1. The highest BCUT2D eigenvalue weighted by Gasteiger charge is 2.15. The number of benzene rings is 1. The first-order valence-electron chi connectivity index (χ1n) is 10.5. The van der Waals surface area contributed by atoms with Crippen molar-refractivity contribution in [3.8, 4) is 0 Å². The molecule has 0 radical (unpaired) electrons. The van der Waals surface area contributed by atoms with Crippen LogP contribution in [0.2, 0.25) is 0 Å². The first-order valence-corrected chi connectivity index (χ1v) is 10.5. The van der Waals surface area contributed by atoms with Crippen LogP contribution in [-0.2, 0) is 11.3 Å². The first kappa shape index (κ1) is 29.0. The fraction of sp³-hybridized carbons (Fsp3) is 0.591. The van der Waals surface area contributed by atoms with Crippen LogP contribution in [0.1, 0.15) is 63.4 Å². The van der Waals surface area contributed by atoms with Crippen LogP contribution in [0.3, 0.4) is 0 Å². The number of aliphatic imine (C=N–C) groups is 1. The topological polar surface area (TPSA) is 104 Å². The summed E-state index contributed by atoms with van der Waals surface area (Å²) in [6.07, 6.45) is 1.20. The highest BCUT2D eigenvalue weighted by atomic mass is 127. The van der Waals surface area contributed by atoms with Crippen LogP contribution in [0.5, 0.6) is 0 Å². The van der Waals surface area contributed by atoms with Gasteiger partial charge < -0.3 is 26.0 Å². The maximum Gasteiger partial charge on any atom is 0.407 e. The number of guanidine groups is 1. The Labute approximate surface area is 203 Å². The van der Waals surface area contributed by atoms with E-state index in [1.807, 2.05) is 58.9 Å². The first-order chi connectivity index (χ1) is 14.1. The second-order valence-corrected chi connectivity index (χ2v) is 8.12. The molecular weight excluding hydrogens is 509 g/mol. The number of carbonyl (C=O) groups excluding carboxylic acids is 2.